The number of cyclic esters (lactones) is 1. The van der Waals surface area contributed by atoms with E-state index in [2.05, 4.69) is 14.2 Å². The molecule has 0 aromatic heterocycles. The summed E-state index contributed by atoms with van der Waals surface area (Å²) in [6, 6.07) is -1.22. The Morgan fingerprint density at radius 1 is 1.27 bits per heavy atom. The fraction of sp³-hybridized carbons (Fsp3) is 0.900. The summed E-state index contributed by atoms with van der Waals surface area (Å²) < 4.78 is 48.1. The first-order valence-electron chi connectivity index (χ1n) is 6.40. The van der Waals surface area contributed by atoms with Gasteiger partial charge in [-0.1, -0.05) is 5.11 Å². The SMILES string of the molecule is CC1(C)O[C@@H]2[C@H](O1)[C@H](N=[N+]=[N-])C(=O)O[C@@H]2[C@H]1COS(=O)(=O)O1. The summed E-state index contributed by atoms with van der Waals surface area (Å²) in [4.78, 5) is 14.6. The fourth-order valence-electron chi connectivity index (χ4n) is 2.68. The smallest absolute Gasteiger partial charge is 0.400 e. The molecule has 5 atom stereocenters. The molecule has 3 aliphatic heterocycles. The van der Waals surface area contributed by atoms with Crippen LogP contribution < -0.4 is 0 Å². The number of nitrogens with zero attached hydrogens (tertiary/aromatic N) is 3. The van der Waals surface area contributed by atoms with Crippen LogP contribution in [0.3, 0.4) is 0 Å². The van der Waals surface area contributed by atoms with E-state index in [0.29, 0.717) is 0 Å². The van der Waals surface area contributed by atoms with Crippen molar-refractivity contribution in [1.29, 1.82) is 0 Å². The molecular formula is C10H13N3O8S. The monoisotopic (exact) mass is 335 g/mol. The van der Waals surface area contributed by atoms with E-state index in [1.165, 1.54) is 0 Å². The zero-order valence-electron chi connectivity index (χ0n) is 11.6. The molecule has 0 radical (unpaired) electrons. The Hall–Kier alpha value is -1.43. The van der Waals surface area contributed by atoms with E-state index < -0.39 is 52.6 Å². The van der Waals surface area contributed by atoms with E-state index in [1.54, 1.807) is 13.8 Å². The molecule has 0 N–H and O–H groups in total. The van der Waals surface area contributed by atoms with Crippen LogP contribution in [0.15, 0.2) is 5.11 Å². The lowest BCUT2D eigenvalue weighted by Crippen LogP contribution is -2.57. The van der Waals surface area contributed by atoms with Gasteiger partial charge in [0, 0.05) is 4.91 Å². The van der Waals surface area contributed by atoms with Gasteiger partial charge in [-0.2, -0.15) is 8.42 Å². The van der Waals surface area contributed by atoms with Crippen LogP contribution in [0.25, 0.3) is 10.4 Å². The molecule has 0 amide bonds. The molecule has 3 rings (SSSR count). The molecule has 3 heterocycles. The maximum atomic E-state index is 12.0. The Morgan fingerprint density at radius 2 is 1.95 bits per heavy atom. The molecule has 0 bridgehead atoms. The van der Waals surface area contributed by atoms with Crippen LogP contribution >= 0.6 is 0 Å². The number of ether oxygens (including phenoxy) is 3. The molecule has 0 aromatic rings. The van der Waals surface area contributed by atoms with Gasteiger partial charge in [-0.25, -0.2) is 8.37 Å². The number of esters is 1. The van der Waals surface area contributed by atoms with E-state index in [1.807, 2.05) is 0 Å². The Kier molecular flexibility index (Phi) is 3.55. The summed E-state index contributed by atoms with van der Waals surface area (Å²) >= 11 is 0. The summed E-state index contributed by atoms with van der Waals surface area (Å²) in [5, 5.41) is 3.37. The van der Waals surface area contributed by atoms with Crippen molar-refractivity contribution < 1.29 is 35.8 Å². The highest BCUT2D eigenvalue weighted by Crippen LogP contribution is 2.39. The van der Waals surface area contributed by atoms with E-state index in [4.69, 9.17) is 23.9 Å². The van der Waals surface area contributed by atoms with Gasteiger partial charge in [-0.3, -0.25) is 4.79 Å². The quantitative estimate of drug-likeness (QED) is 0.291. The van der Waals surface area contributed by atoms with Crippen LogP contribution in [0.1, 0.15) is 13.8 Å². The van der Waals surface area contributed by atoms with Gasteiger partial charge in [0.2, 0.25) is 0 Å². The molecule has 122 valence electrons. The lowest BCUT2D eigenvalue weighted by Gasteiger charge is -2.35. The number of azide groups is 1. The van der Waals surface area contributed by atoms with E-state index >= 15 is 0 Å². The first kappa shape index (κ1) is 15.5. The highest BCUT2D eigenvalue weighted by molar-refractivity contribution is 7.82. The first-order valence-corrected chi connectivity index (χ1v) is 7.74. The van der Waals surface area contributed by atoms with Gasteiger partial charge in [0.25, 0.3) is 0 Å². The standard InChI is InChI=1S/C10H13N3O8S/c1-10(2)19-7-5(12-13-11)9(14)18-6(8(7)20-10)4-3-17-22(15,16)21-4/h4-8H,3H2,1-2H3/t4-,5+,6-,7-,8+/m1/s1. The van der Waals surface area contributed by atoms with Gasteiger partial charge in [-0.15, -0.1) is 0 Å². The average molecular weight is 335 g/mol. The van der Waals surface area contributed by atoms with Crippen LogP contribution in [0.5, 0.6) is 0 Å². The molecule has 22 heavy (non-hydrogen) atoms. The number of fused-ring (bicyclic) bond motifs is 1. The van der Waals surface area contributed by atoms with Crippen LogP contribution in [-0.4, -0.2) is 57.2 Å². The number of hydrogen-bond donors (Lipinski definition) is 0. The molecule has 3 aliphatic rings. The Balaban J connectivity index is 1.90. The summed E-state index contributed by atoms with van der Waals surface area (Å²) in [5.74, 6) is -1.89. The maximum absolute atomic E-state index is 12.0. The highest BCUT2D eigenvalue weighted by atomic mass is 32.3. The van der Waals surface area contributed by atoms with Crippen molar-refractivity contribution in [3.8, 4) is 0 Å². The van der Waals surface area contributed by atoms with Crippen molar-refractivity contribution in [3.05, 3.63) is 10.4 Å². The normalized spacial score (nSPS) is 42.3. The van der Waals surface area contributed by atoms with E-state index in [-0.39, 0.29) is 6.61 Å². The second kappa shape index (κ2) is 5.05. The highest BCUT2D eigenvalue weighted by Gasteiger charge is 2.59. The molecule has 3 saturated heterocycles. The van der Waals surface area contributed by atoms with Gasteiger partial charge in [0.05, 0.1) is 0 Å². The third-order valence-electron chi connectivity index (χ3n) is 3.45. The van der Waals surface area contributed by atoms with Gasteiger partial charge in [0.15, 0.2) is 17.9 Å². The van der Waals surface area contributed by atoms with Crippen LogP contribution in [0.2, 0.25) is 0 Å². The number of rotatable bonds is 2. The van der Waals surface area contributed by atoms with Gasteiger partial charge >= 0.3 is 16.4 Å². The van der Waals surface area contributed by atoms with Crippen molar-refractivity contribution in [3.63, 3.8) is 0 Å². The minimum atomic E-state index is -4.11. The third kappa shape index (κ3) is 2.64. The number of hydrogen-bond acceptors (Lipinski definition) is 9. The molecule has 12 heteroatoms. The van der Waals surface area contributed by atoms with Gasteiger partial charge in [0.1, 0.15) is 24.9 Å². The Morgan fingerprint density at radius 3 is 2.55 bits per heavy atom. The van der Waals surface area contributed by atoms with Crippen molar-refractivity contribution in [1.82, 2.24) is 0 Å². The molecule has 0 unspecified atom stereocenters. The molecule has 0 saturated carbocycles. The lowest BCUT2D eigenvalue weighted by molar-refractivity contribution is -0.182. The second-order valence-electron chi connectivity index (χ2n) is 5.44. The molecule has 0 spiro atoms. The average Bonchev–Trinajstić information content (AvgIpc) is 2.91. The predicted octanol–water partition coefficient (Wildman–Crippen LogP) is -0.229. The van der Waals surface area contributed by atoms with Crippen LogP contribution in [0.4, 0.5) is 0 Å². The van der Waals surface area contributed by atoms with E-state index in [9.17, 15) is 13.2 Å². The summed E-state index contributed by atoms with van der Waals surface area (Å²) in [5.41, 5.74) is 8.56. The molecule has 0 aromatic carbocycles. The van der Waals surface area contributed by atoms with Crippen molar-refractivity contribution in [2.75, 3.05) is 6.61 Å². The maximum Gasteiger partial charge on any atom is 0.400 e. The predicted molar refractivity (Wildman–Crippen MR) is 66.4 cm³/mol. The fourth-order valence-corrected chi connectivity index (χ4v) is 3.51. The molecular weight excluding hydrogens is 322 g/mol. The Bertz CT molecular complexity index is 643. The first-order chi connectivity index (χ1) is 10.2. The van der Waals surface area contributed by atoms with E-state index in [0.717, 1.165) is 0 Å². The topological polar surface area (TPSA) is 146 Å². The zero-order valence-corrected chi connectivity index (χ0v) is 12.4. The molecule has 3 fully saturated rings. The van der Waals surface area contributed by atoms with Gasteiger partial charge < -0.3 is 14.2 Å². The van der Waals surface area contributed by atoms with Crippen molar-refractivity contribution in [2.24, 2.45) is 5.11 Å². The van der Waals surface area contributed by atoms with Crippen molar-refractivity contribution in [2.45, 2.75) is 50.1 Å². The Labute approximate surface area is 125 Å². The third-order valence-corrected chi connectivity index (χ3v) is 4.36. The molecule has 11 nitrogen and oxygen atoms in total. The largest absolute Gasteiger partial charge is 0.456 e. The van der Waals surface area contributed by atoms with Crippen LogP contribution in [0, 0.1) is 0 Å². The van der Waals surface area contributed by atoms with Crippen molar-refractivity contribution >= 4 is 16.4 Å². The number of carbonyl (C=O) groups excluding carboxylic acids is 1. The molecule has 0 aliphatic carbocycles. The lowest BCUT2D eigenvalue weighted by atomic mass is 9.95. The summed E-state index contributed by atoms with van der Waals surface area (Å²) in [7, 11) is -4.11. The van der Waals surface area contributed by atoms with Gasteiger partial charge in [-0.05, 0) is 19.4 Å². The van der Waals surface area contributed by atoms with Crippen LogP contribution in [-0.2, 0) is 37.8 Å². The summed E-state index contributed by atoms with van der Waals surface area (Å²) in [6.07, 6.45) is -3.85. The zero-order chi connectivity index (χ0) is 16.1. The summed E-state index contributed by atoms with van der Waals surface area (Å²) in [6.45, 7) is 2.92. The minimum absolute atomic E-state index is 0.306. The minimum Gasteiger partial charge on any atom is -0.456 e. The number of carbonyl (C=O) groups is 1. The second-order valence-corrected chi connectivity index (χ2v) is 6.69.